The van der Waals surface area contributed by atoms with Gasteiger partial charge in [0.1, 0.15) is 0 Å². The molecule has 2 nitrogen and oxygen atoms in total. The molecule has 0 bridgehead atoms. The first-order chi connectivity index (χ1) is 12.9. The number of rotatable bonds is 6. The molecule has 148 valence electrons. The van der Waals surface area contributed by atoms with Crippen molar-refractivity contribution in [3.05, 3.63) is 53.9 Å². The van der Waals surface area contributed by atoms with E-state index in [0.29, 0.717) is 17.8 Å². The Labute approximate surface area is 165 Å². The highest BCUT2D eigenvalue weighted by atomic mass is 31.2. The van der Waals surface area contributed by atoms with Crippen LogP contribution < -0.4 is 5.30 Å². The molecule has 4 atom stereocenters. The monoisotopic (exact) mass is 386 g/mol. The Morgan fingerprint density at radius 1 is 1.19 bits per heavy atom. The minimum atomic E-state index is -3.17. The van der Waals surface area contributed by atoms with Crippen molar-refractivity contribution >= 4 is 12.7 Å². The fourth-order valence-electron chi connectivity index (χ4n) is 4.62. The van der Waals surface area contributed by atoms with Crippen LogP contribution in [0, 0.1) is 17.8 Å². The van der Waals surface area contributed by atoms with Gasteiger partial charge in [0.15, 0.2) is 0 Å². The van der Waals surface area contributed by atoms with Gasteiger partial charge >= 0.3 is 0 Å². The van der Waals surface area contributed by atoms with Crippen molar-refractivity contribution in [1.82, 2.24) is 0 Å². The van der Waals surface area contributed by atoms with Gasteiger partial charge in [-0.2, -0.15) is 0 Å². The van der Waals surface area contributed by atoms with Crippen LogP contribution in [0.2, 0.25) is 0 Å². The van der Waals surface area contributed by atoms with E-state index in [1.54, 1.807) is 0 Å². The lowest BCUT2D eigenvalue weighted by molar-refractivity contribution is 0.0509. The highest BCUT2D eigenvalue weighted by Crippen LogP contribution is 2.59. The topological polar surface area (TPSA) is 26.3 Å². The third kappa shape index (κ3) is 4.66. The van der Waals surface area contributed by atoms with Gasteiger partial charge in [-0.3, -0.25) is 4.57 Å². The Balaban J connectivity index is 1.96. The second-order valence-corrected chi connectivity index (χ2v) is 11.1. The van der Waals surface area contributed by atoms with Gasteiger partial charge in [0.2, 0.25) is 0 Å². The van der Waals surface area contributed by atoms with E-state index in [-0.39, 0.29) is 6.10 Å². The molecule has 3 rings (SSSR count). The molecular weight excluding hydrogens is 351 g/mol. The molecule has 0 radical (unpaired) electrons. The van der Waals surface area contributed by atoms with Crippen molar-refractivity contribution < 1.29 is 9.09 Å². The molecule has 3 heteroatoms. The van der Waals surface area contributed by atoms with Crippen LogP contribution in [-0.2, 0) is 9.09 Å². The number of hydrogen-bond acceptors (Lipinski definition) is 2. The van der Waals surface area contributed by atoms with Crippen molar-refractivity contribution in [2.24, 2.45) is 17.8 Å². The van der Waals surface area contributed by atoms with Crippen molar-refractivity contribution in [3.63, 3.8) is 0 Å². The molecule has 1 fully saturated rings. The Bertz CT molecular complexity index is 719. The van der Waals surface area contributed by atoms with Crippen LogP contribution in [0.15, 0.2) is 53.9 Å². The Kier molecular flexibility index (Phi) is 6.82. The fourth-order valence-corrected chi connectivity index (χ4v) is 6.95. The average molecular weight is 387 g/mol. The zero-order chi connectivity index (χ0) is 19.4. The molecule has 1 aromatic carbocycles. The molecule has 0 spiro atoms. The molecule has 1 aromatic rings. The van der Waals surface area contributed by atoms with Crippen LogP contribution in [0.3, 0.4) is 0 Å². The smallest absolute Gasteiger partial charge is 0.261 e. The van der Waals surface area contributed by atoms with E-state index in [2.05, 4.69) is 33.4 Å². The summed E-state index contributed by atoms with van der Waals surface area (Å²) in [7, 11) is -3.17. The SMILES string of the molecule is C=C(C1=CCCCC1)[P@@](=O)(O[C@@H]1C[C@H](C)CC[C@H]1C(C)C)c1ccccc1. The normalized spacial score (nSPS) is 28.4. The van der Waals surface area contributed by atoms with E-state index in [4.69, 9.17) is 4.52 Å². The number of allylic oxidation sites excluding steroid dienone is 3. The van der Waals surface area contributed by atoms with Gasteiger partial charge in [-0.15, -0.1) is 0 Å². The Morgan fingerprint density at radius 3 is 2.56 bits per heavy atom. The van der Waals surface area contributed by atoms with Gasteiger partial charge in [0.05, 0.1) is 6.10 Å². The Morgan fingerprint density at radius 2 is 1.93 bits per heavy atom. The summed E-state index contributed by atoms with van der Waals surface area (Å²) >= 11 is 0. The minimum absolute atomic E-state index is 0.0423. The third-order valence-electron chi connectivity index (χ3n) is 6.36. The molecule has 2 aliphatic rings. The maximum absolute atomic E-state index is 14.4. The van der Waals surface area contributed by atoms with Crippen LogP contribution in [-0.4, -0.2) is 6.10 Å². The van der Waals surface area contributed by atoms with Crippen LogP contribution in [0.25, 0.3) is 0 Å². The van der Waals surface area contributed by atoms with Gasteiger partial charge in [-0.05, 0) is 74.0 Å². The van der Waals surface area contributed by atoms with Crippen LogP contribution in [0.4, 0.5) is 0 Å². The molecule has 0 aromatic heterocycles. The summed E-state index contributed by atoms with van der Waals surface area (Å²) in [5, 5.41) is 1.52. The first kappa shape index (κ1) is 20.6. The molecule has 0 heterocycles. The molecule has 0 saturated heterocycles. The second-order valence-electron chi connectivity index (χ2n) is 8.78. The summed E-state index contributed by atoms with van der Waals surface area (Å²) in [5.74, 6) is 1.62. The summed E-state index contributed by atoms with van der Waals surface area (Å²) < 4.78 is 21.0. The average Bonchev–Trinajstić information content (AvgIpc) is 2.68. The summed E-state index contributed by atoms with van der Waals surface area (Å²) in [6.07, 6.45) is 10.0. The summed E-state index contributed by atoms with van der Waals surface area (Å²) in [6, 6.07) is 9.78. The number of hydrogen-bond donors (Lipinski definition) is 0. The molecular formula is C24H35O2P. The molecule has 0 N–H and O–H groups in total. The number of benzene rings is 1. The van der Waals surface area contributed by atoms with Crippen molar-refractivity contribution in [2.75, 3.05) is 0 Å². The highest BCUT2D eigenvalue weighted by Gasteiger charge is 2.40. The quantitative estimate of drug-likeness (QED) is 0.488. The lowest BCUT2D eigenvalue weighted by Crippen LogP contribution is -2.34. The molecule has 0 unspecified atom stereocenters. The Hall–Kier alpha value is -1.11. The van der Waals surface area contributed by atoms with Crippen LogP contribution in [0.1, 0.15) is 65.7 Å². The predicted octanol–water partition coefficient (Wildman–Crippen LogP) is 7.08. The van der Waals surface area contributed by atoms with Gasteiger partial charge in [-0.25, -0.2) is 0 Å². The second kappa shape index (κ2) is 8.93. The molecule has 0 aliphatic heterocycles. The first-order valence-electron chi connectivity index (χ1n) is 10.6. The minimum Gasteiger partial charge on any atom is -0.318 e. The van der Waals surface area contributed by atoms with E-state index < -0.39 is 7.37 Å². The van der Waals surface area contributed by atoms with Gasteiger partial charge in [-0.1, -0.05) is 58.0 Å². The van der Waals surface area contributed by atoms with E-state index in [1.165, 1.54) is 12.8 Å². The zero-order valence-corrected chi connectivity index (χ0v) is 18.1. The molecule has 1 saturated carbocycles. The van der Waals surface area contributed by atoms with Crippen LogP contribution in [0.5, 0.6) is 0 Å². The van der Waals surface area contributed by atoms with E-state index in [0.717, 1.165) is 48.3 Å². The highest BCUT2D eigenvalue weighted by molar-refractivity contribution is 7.71. The van der Waals surface area contributed by atoms with Crippen LogP contribution >= 0.6 is 7.37 Å². The van der Waals surface area contributed by atoms with E-state index >= 15 is 0 Å². The summed E-state index contributed by atoms with van der Waals surface area (Å²) in [5.41, 5.74) is 1.15. The summed E-state index contributed by atoms with van der Waals surface area (Å²) in [6.45, 7) is 11.1. The lowest BCUT2D eigenvalue weighted by atomic mass is 9.75. The molecule has 27 heavy (non-hydrogen) atoms. The van der Waals surface area contributed by atoms with Gasteiger partial charge in [0, 0.05) is 10.6 Å². The maximum Gasteiger partial charge on any atom is 0.261 e. The predicted molar refractivity (Wildman–Crippen MR) is 116 cm³/mol. The summed E-state index contributed by atoms with van der Waals surface area (Å²) in [4.78, 5) is 0. The fraction of sp³-hybridized carbons (Fsp3) is 0.583. The largest absolute Gasteiger partial charge is 0.318 e. The third-order valence-corrected chi connectivity index (χ3v) is 8.90. The molecule has 2 aliphatic carbocycles. The maximum atomic E-state index is 14.4. The van der Waals surface area contributed by atoms with E-state index in [1.807, 2.05) is 30.3 Å². The van der Waals surface area contributed by atoms with Crippen molar-refractivity contribution in [2.45, 2.75) is 71.8 Å². The van der Waals surface area contributed by atoms with E-state index in [9.17, 15) is 4.57 Å². The van der Waals surface area contributed by atoms with Crippen molar-refractivity contribution in [3.8, 4) is 0 Å². The molecule has 0 amide bonds. The lowest BCUT2D eigenvalue weighted by Gasteiger charge is -2.39. The standard InChI is InChI=1S/C24H35O2P/c1-18(2)23-16-15-19(3)17-24(23)26-27(25,22-13-9-6-10-14-22)20(4)21-11-7-5-8-12-21/h6,9-11,13-14,18-19,23-24H,4-5,7-8,12,15-17H2,1-3H3/t19-,23+,24-,27-/m1/s1. The van der Waals surface area contributed by atoms with Gasteiger partial charge in [0.25, 0.3) is 7.37 Å². The van der Waals surface area contributed by atoms with Crippen molar-refractivity contribution in [1.29, 1.82) is 0 Å². The van der Waals surface area contributed by atoms with Gasteiger partial charge < -0.3 is 4.52 Å². The zero-order valence-electron chi connectivity index (χ0n) is 17.2. The first-order valence-corrected chi connectivity index (χ1v) is 12.3.